The Morgan fingerprint density at radius 2 is 1.69 bits per heavy atom. The van der Waals surface area contributed by atoms with Crippen molar-refractivity contribution in [2.45, 2.75) is 19.9 Å². The molecule has 0 unspecified atom stereocenters. The van der Waals surface area contributed by atoms with E-state index in [1.165, 1.54) is 22.7 Å². The van der Waals surface area contributed by atoms with E-state index in [4.69, 9.17) is 0 Å². The monoisotopic (exact) mass is 467 g/mol. The topological polar surface area (TPSA) is 81.3 Å². The second-order valence-corrected chi connectivity index (χ2v) is 8.19. The highest BCUT2D eigenvalue weighted by atomic mass is 19.1. The standard InChI is InChI=1S/C27H22FN5O2/c1-18-23(15-19-9-4-2-5-10-19)26(35)33-27(30-25(31-33)20-11-6-3-7-12-20)32(18)17-24(34)29-22-14-8-13-21(28)16-22/h2-14,16H,15,17H2,1H3,(H,29,34). The molecule has 0 spiro atoms. The van der Waals surface area contributed by atoms with E-state index in [2.05, 4.69) is 15.4 Å². The molecule has 8 heteroatoms. The highest BCUT2D eigenvalue weighted by Gasteiger charge is 2.20. The number of fused-ring (bicyclic) bond motifs is 1. The number of rotatable bonds is 6. The van der Waals surface area contributed by atoms with Crippen molar-refractivity contribution >= 4 is 17.4 Å². The number of nitrogens with zero attached hydrogens (tertiary/aromatic N) is 4. The summed E-state index contributed by atoms with van der Waals surface area (Å²) in [4.78, 5) is 31.0. The Kier molecular flexibility index (Phi) is 5.93. The molecule has 7 nitrogen and oxygen atoms in total. The number of anilines is 1. The van der Waals surface area contributed by atoms with E-state index < -0.39 is 5.82 Å². The molecule has 0 radical (unpaired) electrons. The van der Waals surface area contributed by atoms with Gasteiger partial charge in [-0.25, -0.2) is 4.39 Å². The third-order valence-electron chi connectivity index (χ3n) is 5.79. The fraction of sp³-hybridized carbons (Fsp3) is 0.111. The predicted molar refractivity (Wildman–Crippen MR) is 132 cm³/mol. The van der Waals surface area contributed by atoms with Crippen LogP contribution < -0.4 is 10.9 Å². The number of aromatic nitrogens is 4. The van der Waals surface area contributed by atoms with Gasteiger partial charge in [0.2, 0.25) is 11.7 Å². The zero-order valence-corrected chi connectivity index (χ0v) is 19.0. The average Bonchev–Trinajstić information content (AvgIpc) is 3.31. The van der Waals surface area contributed by atoms with Gasteiger partial charge in [0, 0.05) is 28.9 Å². The van der Waals surface area contributed by atoms with E-state index in [-0.39, 0.29) is 23.8 Å². The Bertz CT molecular complexity index is 1580. The molecule has 5 rings (SSSR count). The zero-order chi connectivity index (χ0) is 24.4. The summed E-state index contributed by atoms with van der Waals surface area (Å²) in [7, 11) is 0. The van der Waals surface area contributed by atoms with Crippen molar-refractivity contribution in [3.8, 4) is 11.4 Å². The summed E-state index contributed by atoms with van der Waals surface area (Å²) in [6.45, 7) is 1.67. The molecular formula is C27H22FN5O2. The van der Waals surface area contributed by atoms with E-state index in [0.717, 1.165) is 11.1 Å². The van der Waals surface area contributed by atoms with Crippen molar-refractivity contribution in [3.63, 3.8) is 0 Å². The minimum atomic E-state index is -0.445. The molecular weight excluding hydrogens is 445 g/mol. The molecule has 0 aliphatic rings. The smallest absolute Gasteiger partial charge is 0.279 e. The maximum Gasteiger partial charge on any atom is 0.279 e. The molecule has 0 bridgehead atoms. The lowest BCUT2D eigenvalue weighted by Gasteiger charge is -2.15. The summed E-state index contributed by atoms with van der Waals surface area (Å²) in [5.41, 5.74) is 2.93. The molecule has 1 N–H and O–H groups in total. The second kappa shape index (κ2) is 9.34. The van der Waals surface area contributed by atoms with Crippen molar-refractivity contribution < 1.29 is 9.18 Å². The Morgan fingerprint density at radius 3 is 2.40 bits per heavy atom. The number of hydrogen-bond acceptors (Lipinski definition) is 4. The van der Waals surface area contributed by atoms with E-state index >= 15 is 0 Å². The number of nitrogens with one attached hydrogen (secondary N) is 1. The van der Waals surface area contributed by atoms with Crippen LogP contribution in [0, 0.1) is 12.7 Å². The van der Waals surface area contributed by atoms with Crippen LogP contribution in [0.25, 0.3) is 17.2 Å². The SMILES string of the molecule is Cc1c(Cc2ccccc2)c(=O)n2nc(-c3ccccc3)nc2n1CC(=O)Nc1cccc(F)c1. The fourth-order valence-electron chi connectivity index (χ4n) is 4.02. The van der Waals surface area contributed by atoms with Gasteiger partial charge >= 0.3 is 0 Å². The van der Waals surface area contributed by atoms with Crippen LogP contribution in [0.15, 0.2) is 89.7 Å². The molecule has 0 fully saturated rings. The van der Waals surface area contributed by atoms with Gasteiger partial charge in [0.15, 0.2) is 5.82 Å². The van der Waals surface area contributed by atoms with Crippen LogP contribution in [0.4, 0.5) is 10.1 Å². The molecule has 2 aromatic heterocycles. The number of carbonyl (C=O) groups excluding carboxylic acids is 1. The lowest BCUT2D eigenvalue weighted by Crippen LogP contribution is -2.29. The summed E-state index contributed by atoms with van der Waals surface area (Å²) in [6, 6.07) is 24.7. The molecule has 2 heterocycles. The minimum Gasteiger partial charge on any atom is -0.324 e. The third-order valence-corrected chi connectivity index (χ3v) is 5.79. The van der Waals surface area contributed by atoms with Crippen molar-refractivity contribution in [2.24, 2.45) is 0 Å². The van der Waals surface area contributed by atoms with E-state index in [1.54, 1.807) is 17.6 Å². The maximum atomic E-state index is 13.6. The Labute approximate surface area is 200 Å². The van der Waals surface area contributed by atoms with Gasteiger partial charge in [-0.2, -0.15) is 9.50 Å². The van der Waals surface area contributed by atoms with Crippen LogP contribution in [0.1, 0.15) is 16.8 Å². The molecule has 0 aliphatic heterocycles. The Balaban J connectivity index is 1.61. The number of benzene rings is 3. The predicted octanol–water partition coefficient (Wildman–Crippen LogP) is 4.24. The van der Waals surface area contributed by atoms with E-state index in [0.29, 0.717) is 29.2 Å². The van der Waals surface area contributed by atoms with Gasteiger partial charge in [-0.05, 0) is 30.7 Å². The highest BCUT2D eigenvalue weighted by molar-refractivity contribution is 5.90. The summed E-state index contributed by atoms with van der Waals surface area (Å²) >= 11 is 0. The van der Waals surface area contributed by atoms with Crippen molar-refractivity contribution in [2.75, 3.05) is 5.32 Å². The lowest BCUT2D eigenvalue weighted by atomic mass is 10.0. The molecule has 0 saturated heterocycles. The first-order valence-electron chi connectivity index (χ1n) is 11.1. The zero-order valence-electron chi connectivity index (χ0n) is 19.0. The van der Waals surface area contributed by atoms with Gasteiger partial charge in [-0.3, -0.25) is 9.59 Å². The lowest BCUT2D eigenvalue weighted by molar-refractivity contribution is -0.116. The van der Waals surface area contributed by atoms with Gasteiger partial charge in [0.05, 0.1) is 0 Å². The largest absolute Gasteiger partial charge is 0.324 e. The van der Waals surface area contributed by atoms with Crippen molar-refractivity contribution in [3.05, 3.63) is 118 Å². The molecule has 35 heavy (non-hydrogen) atoms. The van der Waals surface area contributed by atoms with Gasteiger partial charge in [0.1, 0.15) is 12.4 Å². The van der Waals surface area contributed by atoms with E-state index in [1.807, 2.05) is 60.7 Å². The first kappa shape index (κ1) is 22.2. The summed E-state index contributed by atoms with van der Waals surface area (Å²) < 4.78 is 16.5. The third kappa shape index (κ3) is 4.59. The van der Waals surface area contributed by atoms with Gasteiger partial charge in [-0.1, -0.05) is 66.7 Å². The normalized spacial score (nSPS) is 11.0. The highest BCUT2D eigenvalue weighted by Crippen LogP contribution is 2.19. The Morgan fingerprint density at radius 1 is 0.971 bits per heavy atom. The Hall–Kier alpha value is -4.59. The van der Waals surface area contributed by atoms with Crippen LogP contribution in [-0.2, 0) is 17.8 Å². The first-order chi connectivity index (χ1) is 17.0. The molecule has 0 aliphatic carbocycles. The maximum absolute atomic E-state index is 13.6. The van der Waals surface area contributed by atoms with Gasteiger partial charge < -0.3 is 9.88 Å². The molecule has 0 saturated carbocycles. The van der Waals surface area contributed by atoms with Crippen LogP contribution in [0.2, 0.25) is 0 Å². The van der Waals surface area contributed by atoms with Gasteiger partial charge in [-0.15, -0.1) is 5.10 Å². The molecule has 1 amide bonds. The summed E-state index contributed by atoms with van der Waals surface area (Å²) in [5.74, 6) is -0.171. The molecule has 3 aromatic carbocycles. The van der Waals surface area contributed by atoms with Crippen LogP contribution in [0.5, 0.6) is 0 Å². The molecule has 5 aromatic rings. The number of amides is 1. The first-order valence-corrected chi connectivity index (χ1v) is 11.1. The fourth-order valence-corrected chi connectivity index (χ4v) is 4.02. The van der Waals surface area contributed by atoms with Crippen molar-refractivity contribution in [1.82, 2.24) is 19.2 Å². The second-order valence-electron chi connectivity index (χ2n) is 8.19. The quantitative estimate of drug-likeness (QED) is 0.405. The summed E-state index contributed by atoms with van der Waals surface area (Å²) in [6.07, 6.45) is 0.382. The van der Waals surface area contributed by atoms with Gasteiger partial charge in [0.25, 0.3) is 5.56 Å². The van der Waals surface area contributed by atoms with E-state index in [9.17, 15) is 14.0 Å². The van der Waals surface area contributed by atoms with Crippen LogP contribution >= 0.6 is 0 Å². The number of halogens is 1. The summed E-state index contributed by atoms with van der Waals surface area (Å²) in [5, 5.41) is 7.19. The number of carbonyl (C=O) groups is 1. The molecule has 0 atom stereocenters. The minimum absolute atomic E-state index is 0.124. The van der Waals surface area contributed by atoms with Crippen LogP contribution in [-0.4, -0.2) is 25.1 Å². The van der Waals surface area contributed by atoms with Crippen molar-refractivity contribution in [1.29, 1.82) is 0 Å². The number of hydrogen-bond donors (Lipinski definition) is 1. The average molecular weight is 468 g/mol. The van der Waals surface area contributed by atoms with Crippen LogP contribution in [0.3, 0.4) is 0 Å². The molecule has 174 valence electrons.